The molecule has 0 aliphatic carbocycles. The first-order valence-corrected chi connectivity index (χ1v) is 6.10. The predicted octanol–water partition coefficient (Wildman–Crippen LogP) is 2.08. The van der Waals surface area contributed by atoms with Crippen molar-refractivity contribution >= 4 is 17.2 Å². The molecule has 17 heavy (non-hydrogen) atoms. The Kier molecular flexibility index (Phi) is 3.49. The van der Waals surface area contributed by atoms with Crippen molar-refractivity contribution < 1.29 is 4.79 Å². The van der Waals surface area contributed by atoms with Crippen molar-refractivity contribution in [3.05, 3.63) is 45.7 Å². The van der Waals surface area contributed by atoms with Gasteiger partial charge >= 0.3 is 0 Å². The van der Waals surface area contributed by atoms with E-state index in [1.54, 1.807) is 35.7 Å². The fourth-order valence-electron chi connectivity index (χ4n) is 1.36. The van der Waals surface area contributed by atoms with Gasteiger partial charge < -0.3 is 5.32 Å². The number of amides is 1. The van der Waals surface area contributed by atoms with E-state index in [0.717, 1.165) is 10.7 Å². The van der Waals surface area contributed by atoms with E-state index in [-0.39, 0.29) is 5.91 Å². The van der Waals surface area contributed by atoms with Crippen LogP contribution in [0.25, 0.3) is 0 Å². The molecule has 0 unspecified atom stereocenters. The lowest BCUT2D eigenvalue weighted by Gasteiger charge is -2.01. The van der Waals surface area contributed by atoms with Crippen molar-refractivity contribution in [2.45, 2.75) is 20.4 Å². The van der Waals surface area contributed by atoms with Gasteiger partial charge in [-0.2, -0.15) is 0 Å². The van der Waals surface area contributed by atoms with Gasteiger partial charge in [-0.3, -0.25) is 9.78 Å². The lowest BCUT2D eigenvalue weighted by Crippen LogP contribution is -2.23. The van der Waals surface area contributed by atoms with Crippen LogP contribution < -0.4 is 5.32 Å². The summed E-state index contributed by atoms with van der Waals surface area (Å²) in [5, 5.41) is 3.72. The monoisotopic (exact) mass is 247 g/mol. The number of nitrogens with zero attached hydrogens (tertiary/aromatic N) is 2. The Balaban J connectivity index is 1.97. The van der Waals surface area contributed by atoms with E-state index in [9.17, 15) is 4.79 Å². The zero-order valence-corrected chi connectivity index (χ0v) is 10.5. The van der Waals surface area contributed by atoms with E-state index in [4.69, 9.17) is 0 Å². The fourth-order valence-corrected chi connectivity index (χ4v) is 2.23. The number of hydrogen-bond donors (Lipinski definition) is 1. The van der Waals surface area contributed by atoms with Crippen molar-refractivity contribution in [2.75, 3.05) is 0 Å². The molecule has 88 valence electrons. The molecule has 0 atom stereocenters. The van der Waals surface area contributed by atoms with Crippen LogP contribution in [-0.4, -0.2) is 15.9 Å². The number of aryl methyl sites for hydroxylation is 2. The molecule has 2 heterocycles. The topological polar surface area (TPSA) is 54.9 Å². The molecule has 1 amide bonds. The van der Waals surface area contributed by atoms with E-state index in [0.29, 0.717) is 12.2 Å². The third kappa shape index (κ3) is 2.88. The lowest BCUT2D eigenvalue weighted by molar-refractivity contribution is 0.0946. The molecule has 0 spiro atoms. The van der Waals surface area contributed by atoms with Crippen molar-refractivity contribution in [3.63, 3.8) is 0 Å². The third-order valence-electron chi connectivity index (χ3n) is 2.37. The van der Waals surface area contributed by atoms with Crippen molar-refractivity contribution in [2.24, 2.45) is 0 Å². The number of hydrogen-bond acceptors (Lipinski definition) is 4. The van der Waals surface area contributed by atoms with Gasteiger partial charge in [0.1, 0.15) is 10.7 Å². The molecule has 0 aromatic carbocycles. The van der Waals surface area contributed by atoms with Gasteiger partial charge in [-0.1, -0.05) is 6.07 Å². The molecule has 2 aromatic rings. The summed E-state index contributed by atoms with van der Waals surface area (Å²) in [6.45, 7) is 4.45. The van der Waals surface area contributed by atoms with E-state index in [2.05, 4.69) is 15.3 Å². The van der Waals surface area contributed by atoms with Gasteiger partial charge in [-0.05, 0) is 26.0 Å². The fraction of sp³-hybridized carbons (Fsp3) is 0.250. The second-order valence-electron chi connectivity index (χ2n) is 3.65. The summed E-state index contributed by atoms with van der Waals surface area (Å²) in [5.74, 6) is -0.170. The quantitative estimate of drug-likeness (QED) is 0.903. The van der Waals surface area contributed by atoms with Gasteiger partial charge in [0.2, 0.25) is 0 Å². The van der Waals surface area contributed by atoms with Crippen LogP contribution in [0.1, 0.15) is 26.1 Å². The van der Waals surface area contributed by atoms with Gasteiger partial charge in [0.15, 0.2) is 0 Å². The maximum absolute atomic E-state index is 11.7. The molecule has 0 aliphatic heterocycles. The van der Waals surface area contributed by atoms with Crippen LogP contribution >= 0.6 is 11.3 Å². The Hall–Kier alpha value is -1.75. The average Bonchev–Trinajstić information content (AvgIpc) is 2.67. The normalized spacial score (nSPS) is 10.2. The molecule has 0 saturated carbocycles. The first-order chi connectivity index (χ1) is 8.16. The second kappa shape index (κ2) is 5.05. The summed E-state index contributed by atoms with van der Waals surface area (Å²) in [5.41, 5.74) is 1.45. The molecule has 0 bridgehead atoms. The van der Waals surface area contributed by atoms with Crippen LogP contribution in [0.5, 0.6) is 0 Å². The first-order valence-electron chi connectivity index (χ1n) is 5.29. The van der Waals surface area contributed by atoms with Crippen LogP contribution in [-0.2, 0) is 6.54 Å². The Morgan fingerprint density at radius 3 is 2.82 bits per heavy atom. The highest BCUT2D eigenvalue weighted by atomic mass is 32.1. The third-order valence-corrected chi connectivity index (χ3v) is 3.44. The van der Waals surface area contributed by atoms with Crippen LogP contribution in [0, 0.1) is 13.8 Å². The standard InChI is InChI=1S/C12H13N3OS/c1-8-9(2)17-11(15-8)7-14-12(16)10-5-3-4-6-13-10/h3-6H,7H2,1-2H3,(H,14,16). The number of aromatic nitrogens is 2. The molecule has 0 radical (unpaired) electrons. The van der Waals surface area contributed by atoms with Crippen LogP contribution in [0.15, 0.2) is 24.4 Å². The Morgan fingerprint density at radius 1 is 1.41 bits per heavy atom. The summed E-state index contributed by atoms with van der Waals surface area (Å²) in [7, 11) is 0. The molecule has 4 nitrogen and oxygen atoms in total. The molecule has 0 saturated heterocycles. The van der Waals surface area contributed by atoms with Crippen molar-refractivity contribution in [1.29, 1.82) is 0 Å². The minimum absolute atomic E-state index is 0.170. The second-order valence-corrected chi connectivity index (χ2v) is 4.93. The summed E-state index contributed by atoms with van der Waals surface area (Å²) in [6, 6.07) is 5.26. The summed E-state index contributed by atoms with van der Waals surface area (Å²) in [4.78, 5) is 21.2. The summed E-state index contributed by atoms with van der Waals surface area (Å²) >= 11 is 1.61. The number of pyridine rings is 1. The van der Waals surface area contributed by atoms with Crippen LogP contribution in [0.2, 0.25) is 0 Å². The largest absolute Gasteiger partial charge is 0.344 e. The Morgan fingerprint density at radius 2 is 2.24 bits per heavy atom. The van der Waals surface area contributed by atoms with Crippen LogP contribution in [0.3, 0.4) is 0 Å². The Labute approximate surface area is 104 Å². The maximum Gasteiger partial charge on any atom is 0.270 e. The van der Waals surface area contributed by atoms with Crippen LogP contribution in [0.4, 0.5) is 0 Å². The number of nitrogens with one attached hydrogen (secondary N) is 1. The highest BCUT2D eigenvalue weighted by Crippen LogP contribution is 2.15. The summed E-state index contributed by atoms with van der Waals surface area (Å²) < 4.78 is 0. The van der Waals surface area contributed by atoms with Gasteiger partial charge in [-0.25, -0.2) is 4.98 Å². The van der Waals surface area contributed by atoms with Crippen molar-refractivity contribution in [1.82, 2.24) is 15.3 Å². The van der Waals surface area contributed by atoms with E-state index in [1.807, 2.05) is 13.8 Å². The minimum atomic E-state index is -0.170. The highest BCUT2D eigenvalue weighted by Gasteiger charge is 2.08. The lowest BCUT2D eigenvalue weighted by atomic mass is 10.3. The van der Waals surface area contributed by atoms with Gasteiger partial charge in [0.25, 0.3) is 5.91 Å². The van der Waals surface area contributed by atoms with E-state index in [1.165, 1.54) is 4.88 Å². The number of thiazole rings is 1. The minimum Gasteiger partial charge on any atom is -0.344 e. The molecule has 0 fully saturated rings. The van der Waals surface area contributed by atoms with Gasteiger partial charge in [0.05, 0.1) is 12.2 Å². The molecular weight excluding hydrogens is 234 g/mol. The van der Waals surface area contributed by atoms with Crippen molar-refractivity contribution in [3.8, 4) is 0 Å². The molecular formula is C12H13N3OS. The number of carbonyl (C=O) groups excluding carboxylic acids is 1. The molecule has 2 rings (SSSR count). The smallest absolute Gasteiger partial charge is 0.270 e. The maximum atomic E-state index is 11.7. The zero-order valence-electron chi connectivity index (χ0n) is 9.73. The zero-order chi connectivity index (χ0) is 12.3. The SMILES string of the molecule is Cc1nc(CNC(=O)c2ccccn2)sc1C. The molecule has 5 heteroatoms. The van der Waals surface area contributed by atoms with E-state index < -0.39 is 0 Å². The highest BCUT2D eigenvalue weighted by molar-refractivity contribution is 7.11. The average molecular weight is 247 g/mol. The molecule has 2 aromatic heterocycles. The summed E-state index contributed by atoms with van der Waals surface area (Å²) in [6.07, 6.45) is 1.60. The van der Waals surface area contributed by atoms with Gasteiger partial charge in [-0.15, -0.1) is 11.3 Å². The molecule has 1 N–H and O–H groups in total. The Bertz CT molecular complexity index is 502. The number of carbonyl (C=O) groups is 1. The first kappa shape index (κ1) is 11.7. The molecule has 0 aliphatic rings. The predicted molar refractivity (Wildman–Crippen MR) is 67.0 cm³/mol. The van der Waals surface area contributed by atoms with E-state index >= 15 is 0 Å². The number of rotatable bonds is 3. The van der Waals surface area contributed by atoms with Gasteiger partial charge in [0, 0.05) is 11.1 Å².